The van der Waals surface area contributed by atoms with Gasteiger partial charge in [0.2, 0.25) is 0 Å². The largest absolute Gasteiger partial charge is 0.465 e. The highest BCUT2D eigenvalue weighted by Crippen LogP contribution is 2.34. The second kappa shape index (κ2) is 12.9. The van der Waals surface area contributed by atoms with Crippen LogP contribution in [-0.4, -0.2) is 18.4 Å². The van der Waals surface area contributed by atoms with Crippen LogP contribution < -0.4 is 0 Å². The van der Waals surface area contributed by atoms with Crippen molar-refractivity contribution in [3.05, 3.63) is 71.8 Å². The molecule has 0 spiro atoms. The third-order valence-corrected chi connectivity index (χ3v) is 5.38. The number of unbranched alkanes of at least 4 members (excludes halogenated alkanes) is 3. The minimum absolute atomic E-state index is 0.0707. The Morgan fingerprint density at radius 1 is 0.828 bits per heavy atom. The first-order chi connectivity index (χ1) is 14.2. The summed E-state index contributed by atoms with van der Waals surface area (Å²) in [5.74, 6) is -0.561. The minimum atomic E-state index is -0.298. The molecule has 2 atom stereocenters. The SMILES string of the molecule is CCCCCC(C(=O)OCCCC)[C@H](CC(=O)c1ccccc1)c1ccccc1. The summed E-state index contributed by atoms with van der Waals surface area (Å²) in [6, 6.07) is 19.3. The zero-order valence-electron chi connectivity index (χ0n) is 17.8. The van der Waals surface area contributed by atoms with Crippen LogP contribution in [0.4, 0.5) is 0 Å². The Balaban J connectivity index is 2.27. The molecule has 0 radical (unpaired) electrons. The molecule has 0 aliphatic carbocycles. The minimum Gasteiger partial charge on any atom is -0.465 e. The normalized spacial score (nSPS) is 12.9. The maximum atomic E-state index is 13.0. The molecule has 29 heavy (non-hydrogen) atoms. The van der Waals surface area contributed by atoms with E-state index in [1.807, 2.05) is 60.7 Å². The Labute approximate surface area is 175 Å². The van der Waals surface area contributed by atoms with Gasteiger partial charge < -0.3 is 4.74 Å². The van der Waals surface area contributed by atoms with Gasteiger partial charge in [-0.25, -0.2) is 0 Å². The maximum Gasteiger partial charge on any atom is 0.309 e. The smallest absolute Gasteiger partial charge is 0.309 e. The van der Waals surface area contributed by atoms with Gasteiger partial charge in [0, 0.05) is 17.9 Å². The summed E-state index contributed by atoms with van der Waals surface area (Å²) in [7, 11) is 0. The van der Waals surface area contributed by atoms with E-state index < -0.39 is 0 Å². The topological polar surface area (TPSA) is 43.4 Å². The zero-order chi connectivity index (χ0) is 20.9. The molecule has 0 fully saturated rings. The number of hydrogen-bond donors (Lipinski definition) is 0. The van der Waals surface area contributed by atoms with Crippen molar-refractivity contribution in [1.29, 1.82) is 0 Å². The molecule has 3 heteroatoms. The molecule has 1 unspecified atom stereocenters. The van der Waals surface area contributed by atoms with Crippen molar-refractivity contribution in [3.63, 3.8) is 0 Å². The summed E-state index contributed by atoms with van der Waals surface area (Å²) in [6.07, 6.45) is 6.05. The molecule has 0 N–H and O–H groups in total. The van der Waals surface area contributed by atoms with Crippen LogP contribution in [0, 0.1) is 5.92 Å². The lowest BCUT2D eigenvalue weighted by Gasteiger charge is -2.26. The lowest BCUT2D eigenvalue weighted by Crippen LogP contribution is -2.27. The molecule has 2 rings (SSSR count). The molecular formula is C26H34O3. The molecule has 0 bridgehead atoms. The van der Waals surface area contributed by atoms with Crippen molar-refractivity contribution in [2.45, 2.75) is 64.7 Å². The fourth-order valence-corrected chi connectivity index (χ4v) is 3.66. The van der Waals surface area contributed by atoms with Gasteiger partial charge in [-0.2, -0.15) is 0 Å². The molecule has 156 valence electrons. The molecule has 0 saturated heterocycles. The van der Waals surface area contributed by atoms with E-state index in [0.717, 1.165) is 44.1 Å². The van der Waals surface area contributed by atoms with Gasteiger partial charge in [0.1, 0.15) is 0 Å². The van der Waals surface area contributed by atoms with Crippen molar-refractivity contribution < 1.29 is 14.3 Å². The van der Waals surface area contributed by atoms with Crippen LogP contribution >= 0.6 is 0 Å². The van der Waals surface area contributed by atoms with E-state index in [0.29, 0.717) is 18.6 Å². The third kappa shape index (κ3) is 7.49. The van der Waals surface area contributed by atoms with Gasteiger partial charge in [0.05, 0.1) is 12.5 Å². The first-order valence-electron chi connectivity index (χ1n) is 11.0. The quantitative estimate of drug-likeness (QED) is 0.219. The van der Waals surface area contributed by atoms with Crippen molar-refractivity contribution >= 4 is 11.8 Å². The van der Waals surface area contributed by atoms with Crippen molar-refractivity contribution in [2.24, 2.45) is 5.92 Å². The van der Waals surface area contributed by atoms with Crippen LogP contribution in [0.15, 0.2) is 60.7 Å². The third-order valence-electron chi connectivity index (χ3n) is 5.38. The standard InChI is InChI=1S/C26H34O3/c1-3-5-9-18-23(26(28)29-19-6-4-2)24(21-14-10-7-11-15-21)20-25(27)22-16-12-8-13-17-22/h7-8,10-17,23-24H,3-6,9,18-20H2,1-2H3/t23?,24-/m1/s1. The average Bonchev–Trinajstić information content (AvgIpc) is 2.76. The van der Waals surface area contributed by atoms with E-state index in [1.165, 1.54) is 0 Å². The Kier molecular flexibility index (Phi) is 10.2. The molecule has 0 aliphatic heterocycles. The highest BCUT2D eigenvalue weighted by Gasteiger charge is 2.32. The zero-order valence-corrected chi connectivity index (χ0v) is 17.8. The summed E-state index contributed by atoms with van der Waals surface area (Å²) >= 11 is 0. The molecule has 2 aromatic rings. The Hall–Kier alpha value is -2.42. The molecule has 3 nitrogen and oxygen atoms in total. The summed E-state index contributed by atoms with van der Waals surface area (Å²) in [4.78, 5) is 26.0. The number of hydrogen-bond acceptors (Lipinski definition) is 3. The first-order valence-corrected chi connectivity index (χ1v) is 11.0. The first kappa shape index (κ1) is 22.9. The van der Waals surface area contributed by atoms with Crippen LogP contribution in [0.5, 0.6) is 0 Å². The predicted molar refractivity (Wildman–Crippen MR) is 118 cm³/mol. The molecule has 0 aromatic heterocycles. The van der Waals surface area contributed by atoms with Gasteiger partial charge in [-0.05, 0) is 18.4 Å². The fraction of sp³-hybridized carbons (Fsp3) is 0.462. The summed E-state index contributed by atoms with van der Waals surface area (Å²) in [5.41, 5.74) is 1.73. The number of Topliss-reactive ketones (excluding diaryl/α,β-unsaturated/α-hetero) is 1. The number of carbonyl (C=O) groups excluding carboxylic acids is 2. The molecule has 0 amide bonds. The van der Waals surface area contributed by atoms with E-state index in [9.17, 15) is 9.59 Å². The molecular weight excluding hydrogens is 360 g/mol. The van der Waals surface area contributed by atoms with Crippen molar-refractivity contribution in [2.75, 3.05) is 6.61 Å². The Morgan fingerprint density at radius 3 is 2.07 bits per heavy atom. The summed E-state index contributed by atoms with van der Waals surface area (Å²) in [6.45, 7) is 4.69. The molecule has 0 heterocycles. The number of benzene rings is 2. The van der Waals surface area contributed by atoms with E-state index in [1.54, 1.807) is 0 Å². The van der Waals surface area contributed by atoms with E-state index in [4.69, 9.17) is 4.74 Å². The average molecular weight is 395 g/mol. The van der Waals surface area contributed by atoms with Gasteiger partial charge in [0.25, 0.3) is 0 Å². The molecule has 2 aromatic carbocycles. The van der Waals surface area contributed by atoms with Crippen LogP contribution in [0.3, 0.4) is 0 Å². The lowest BCUT2D eigenvalue weighted by molar-refractivity contribution is -0.149. The number of carbonyl (C=O) groups is 2. The van der Waals surface area contributed by atoms with E-state index in [2.05, 4.69) is 13.8 Å². The number of rotatable bonds is 13. The van der Waals surface area contributed by atoms with Crippen LogP contribution in [0.25, 0.3) is 0 Å². The predicted octanol–water partition coefficient (Wildman–Crippen LogP) is 6.58. The second-order valence-corrected chi connectivity index (χ2v) is 7.63. The van der Waals surface area contributed by atoms with Gasteiger partial charge in [-0.3, -0.25) is 9.59 Å². The van der Waals surface area contributed by atoms with E-state index in [-0.39, 0.29) is 23.6 Å². The highest BCUT2D eigenvalue weighted by molar-refractivity contribution is 5.96. The van der Waals surface area contributed by atoms with Crippen molar-refractivity contribution in [1.82, 2.24) is 0 Å². The number of ether oxygens (including phenoxy) is 1. The Bertz CT molecular complexity index is 724. The van der Waals surface area contributed by atoms with Crippen molar-refractivity contribution in [3.8, 4) is 0 Å². The van der Waals surface area contributed by atoms with Crippen LogP contribution in [0.1, 0.15) is 80.6 Å². The maximum absolute atomic E-state index is 13.0. The fourth-order valence-electron chi connectivity index (χ4n) is 3.66. The van der Waals surface area contributed by atoms with Gasteiger partial charge in [-0.1, -0.05) is 100 Å². The number of ketones is 1. The summed E-state index contributed by atoms with van der Waals surface area (Å²) < 4.78 is 5.61. The molecule has 0 aliphatic rings. The van der Waals surface area contributed by atoms with Crippen LogP contribution in [0.2, 0.25) is 0 Å². The van der Waals surface area contributed by atoms with Gasteiger partial charge in [-0.15, -0.1) is 0 Å². The summed E-state index contributed by atoms with van der Waals surface area (Å²) in [5, 5.41) is 0. The molecule has 0 saturated carbocycles. The Morgan fingerprint density at radius 2 is 1.45 bits per heavy atom. The van der Waals surface area contributed by atoms with E-state index >= 15 is 0 Å². The van der Waals surface area contributed by atoms with Gasteiger partial charge in [0.15, 0.2) is 5.78 Å². The van der Waals surface area contributed by atoms with Gasteiger partial charge >= 0.3 is 5.97 Å². The second-order valence-electron chi connectivity index (χ2n) is 7.63. The van der Waals surface area contributed by atoms with Crippen LogP contribution in [-0.2, 0) is 9.53 Å². The highest BCUT2D eigenvalue weighted by atomic mass is 16.5. The lowest BCUT2D eigenvalue weighted by atomic mass is 9.79. The number of esters is 1. The monoisotopic (exact) mass is 394 g/mol.